The van der Waals surface area contributed by atoms with Crippen LogP contribution in [0.15, 0.2) is 67.4 Å². The Labute approximate surface area is 201 Å². The molecule has 6 heterocycles. The van der Waals surface area contributed by atoms with Gasteiger partial charge in [-0.05, 0) is 36.4 Å². The molecule has 5 aromatic heterocycles. The van der Waals surface area contributed by atoms with Crippen LogP contribution in [0.1, 0.15) is 6.42 Å². The van der Waals surface area contributed by atoms with E-state index >= 15 is 0 Å². The molecule has 174 valence electrons. The third-order valence-electron chi connectivity index (χ3n) is 6.43. The van der Waals surface area contributed by atoms with Crippen LogP contribution < -0.4 is 0 Å². The summed E-state index contributed by atoms with van der Waals surface area (Å²) in [5.74, 6) is 0. The Hall–Kier alpha value is -4.14. The molecule has 6 rings (SSSR count). The molecule has 0 aromatic carbocycles. The molecule has 35 heavy (non-hydrogen) atoms. The molecule has 1 aliphatic heterocycles. The van der Waals surface area contributed by atoms with E-state index < -0.39 is 15.6 Å². The third-order valence-corrected chi connectivity index (χ3v) is 7.63. The fourth-order valence-corrected chi connectivity index (χ4v) is 5.48. The summed E-state index contributed by atoms with van der Waals surface area (Å²) in [5.41, 5.74) is 3.83. The first kappa shape index (κ1) is 21.4. The van der Waals surface area contributed by atoms with E-state index in [2.05, 4.69) is 16.0 Å². The summed E-state index contributed by atoms with van der Waals surface area (Å²) in [6, 6.07) is 13.7. The van der Waals surface area contributed by atoms with Gasteiger partial charge in [0.25, 0.3) is 0 Å². The van der Waals surface area contributed by atoms with Crippen molar-refractivity contribution in [1.82, 2.24) is 33.4 Å². The first-order chi connectivity index (χ1) is 16.9. The van der Waals surface area contributed by atoms with E-state index in [9.17, 15) is 13.7 Å². The lowest BCUT2D eigenvalue weighted by Crippen LogP contribution is -2.63. The molecular formula is C24H20N8O2S. The quantitative estimate of drug-likeness (QED) is 0.376. The monoisotopic (exact) mass is 484 g/mol. The van der Waals surface area contributed by atoms with Gasteiger partial charge in [0.2, 0.25) is 10.0 Å². The van der Waals surface area contributed by atoms with Crippen LogP contribution in [0, 0.1) is 11.3 Å². The topological polar surface area (TPSA) is 122 Å². The first-order valence-electron chi connectivity index (χ1n) is 10.9. The first-order valence-corrected chi connectivity index (χ1v) is 12.8. The van der Waals surface area contributed by atoms with E-state index in [4.69, 9.17) is 10.1 Å². The van der Waals surface area contributed by atoms with Gasteiger partial charge in [0, 0.05) is 55.0 Å². The number of hydrogen-bond donors (Lipinski definition) is 0. The van der Waals surface area contributed by atoms with Gasteiger partial charge in [-0.25, -0.2) is 18.4 Å². The maximum atomic E-state index is 11.9. The van der Waals surface area contributed by atoms with Crippen LogP contribution in [-0.4, -0.2) is 61.2 Å². The number of pyridine rings is 3. The minimum absolute atomic E-state index is 0.153. The van der Waals surface area contributed by atoms with Crippen molar-refractivity contribution in [2.45, 2.75) is 12.0 Å². The van der Waals surface area contributed by atoms with Crippen molar-refractivity contribution in [1.29, 1.82) is 5.26 Å². The molecule has 0 spiro atoms. The zero-order valence-electron chi connectivity index (χ0n) is 18.8. The molecule has 0 bridgehead atoms. The zero-order chi connectivity index (χ0) is 24.2. The van der Waals surface area contributed by atoms with Crippen LogP contribution in [0.3, 0.4) is 0 Å². The van der Waals surface area contributed by atoms with Gasteiger partial charge >= 0.3 is 0 Å². The molecule has 0 amide bonds. The van der Waals surface area contributed by atoms with Crippen molar-refractivity contribution in [3.8, 4) is 28.7 Å². The number of sulfonamides is 1. The number of rotatable bonds is 5. The SMILES string of the molecule is CS(=O)(=O)N1CC(CC#N)(n2ccc(-c3nc(-c4ccn5ccnc5c4)cc4ncccc34)n2)C1. The molecular weight excluding hydrogens is 464 g/mol. The Bertz CT molecular complexity index is 1740. The fraction of sp³-hybridized carbons (Fsp3) is 0.208. The summed E-state index contributed by atoms with van der Waals surface area (Å²) in [6.07, 6.45) is 10.4. The Balaban J connectivity index is 1.45. The normalized spacial score (nSPS) is 15.8. The van der Waals surface area contributed by atoms with Crippen LogP contribution in [0.2, 0.25) is 0 Å². The highest BCUT2D eigenvalue weighted by molar-refractivity contribution is 7.88. The third kappa shape index (κ3) is 3.54. The van der Waals surface area contributed by atoms with Gasteiger partial charge in [-0.2, -0.15) is 14.7 Å². The molecule has 1 fully saturated rings. The van der Waals surface area contributed by atoms with Crippen LogP contribution in [0.25, 0.3) is 39.2 Å². The number of nitriles is 1. The van der Waals surface area contributed by atoms with Crippen molar-refractivity contribution in [3.63, 3.8) is 0 Å². The smallest absolute Gasteiger partial charge is 0.211 e. The van der Waals surface area contributed by atoms with E-state index in [1.54, 1.807) is 23.3 Å². The average molecular weight is 485 g/mol. The predicted molar refractivity (Wildman–Crippen MR) is 130 cm³/mol. The Morgan fingerprint density at radius 1 is 1.06 bits per heavy atom. The molecule has 11 heteroatoms. The second-order valence-corrected chi connectivity index (χ2v) is 10.8. The lowest BCUT2D eigenvalue weighted by Gasteiger charge is -2.47. The minimum Gasteiger partial charge on any atom is -0.307 e. The number of fused-ring (bicyclic) bond motifs is 2. The van der Waals surface area contributed by atoms with Gasteiger partial charge in [-0.3, -0.25) is 9.67 Å². The fourth-order valence-electron chi connectivity index (χ4n) is 4.53. The highest BCUT2D eigenvalue weighted by Gasteiger charge is 2.49. The molecule has 1 aliphatic rings. The number of nitrogens with zero attached hydrogens (tertiary/aromatic N) is 8. The summed E-state index contributed by atoms with van der Waals surface area (Å²) in [6.45, 7) is 0.418. The number of aromatic nitrogens is 6. The highest BCUT2D eigenvalue weighted by atomic mass is 32.2. The van der Waals surface area contributed by atoms with Crippen molar-refractivity contribution in [2.75, 3.05) is 19.3 Å². The van der Waals surface area contributed by atoms with Gasteiger partial charge < -0.3 is 4.40 Å². The second-order valence-electron chi connectivity index (χ2n) is 8.77. The largest absolute Gasteiger partial charge is 0.307 e. The number of hydrogen-bond acceptors (Lipinski definition) is 7. The molecule has 10 nitrogen and oxygen atoms in total. The Kier molecular flexibility index (Phi) is 4.70. The molecule has 5 aromatic rings. The van der Waals surface area contributed by atoms with Gasteiger partial charge in [0.1, 0.15) is 22.6 Å². The summed E-state index contributed by atoms with van der Waals surface area (Å²) < 4.78 is 28.9. The van der Waals surface area contributed by atoms with E-state index in [0.29, 0.717) is 11.4 Å². The standard InChI is InChI=1S/C24H20N8O2S/c1-35(33,34)31-15-24(16-31,6-7-25)32-11-5-19(29-32)23-18-3-2-8-26-21(18)14-20(28-23)17-4-10-30-12-9-27-22(30)13-17/h2-5,8-14H,6,15-16H2,1H3. The molecule has 0 radical (unpaired) electrons. The Morgan fingerprint density at radius 3 is 2.71 bits per heavy atom. The molecule has 0 unspecified atom stereocenters. The minimum atomic E-state index is -3.33. The average Bonchev–Trinajstić information content (AvgIpc) is 3.49. The van der Waals surface area contributed by atoms with Crippen LogP contribution in [0.5, 0.6) is 0 Å². The molecule has 0 atom stereocenters. The van der Waals surface area contributed by atoms with Crippen LogP contribution in [-0.2, 0) is 15.6 Å². The highest BCUT2D eigenvalue weighted by Crippen LogP contribution is 2.36. The van der Waals surface area contributed by atoms with Crippen molar-refractivity contribution < 1.29 is 8.42 Å². The van der Waals surface area contributed by atoms with E-state index in [0.717, 1.165) is 27.8 Å². The number of imidazole rings is 1. The van der Waals surface area contributed by atoms with E-state index in [1.807, 2.05) is 53.2 Å². The van der Waals surface area contributed by atoms with E-state index in [1.165, 1.54) is 10.6 Å². The molecule has 0 N–H and O–H groups in total. The van der Waals surface area contributed by atoms with Gasteiger partial charge in [-0.15, -0.1) is 0 Å². The zero-order valence-corrected chi connectivity index (χ0v) is 19.6. The van der Waals surface area contributed by atoms with Gasteiger partial charge in [0.15, 0.2) is 0 Å². The maximum absolute atomic E-state index is 11.9. The summed E-state index contributed by atoms with van der Waals surface area (Å²) >= 11 is 0. The van der Waals surface area contributed by atoms with Crippen molar-refractivity contribution >= 4 is 26.6 Å². The summed E-state index contributed by atoms with van der Waals surface area (Å²) in [7, 11) is -3.33. The summed E-state index contributed by atoms with van der Waals surface area (Å²) in [4.78, 5) is 13.9. The predicted octanol–water partition coefficient (Wildman–Crippen LogP) is 2.69. The van der Waals surface area contributed by atoms with Crippen LogP contribution in [0.4, 0.5) is 0 Å². The van der Waals surface area contributed by atoms with Crippen molar-refractivity contribution in [2.24, 2.45) is 0 Å². The second kappa shape index (κ2) is 7.69. The van der Waals surface area contributed by atoms with Crippen LogP contribution >= 0.6 is 0 Å². The Morgan fingerprint density at radius 2 is 1.91 bits per heavy atom. The molecule has 1 saturated heterocycles. The lowest BCUT2D eigenvalue weighted by molar-refractivity contribution is 0.0726. The molecule has 0 saturated carbocycles. The molecule has 0 aliphatic carbocycles. The van der Waals surface area contributed by atoms with Gasteiger partial charge in [-0.1, -0.05) is 0 Å². The van der Waals surface area contributed by atoms with Crippen molar-refractivity contribution in [3.05, 3.63) is 67.4 Å². The maximum Gasteiger partial charge on any atom is 0.211 e. The van der Waals surface area contributed by atoms with Gasteiger partial charge in [0.05, 0.1) is 30.0 Å². The lowest BCUT2D eigenvalue weighted by atomic mass is 9.89. The summed E-state index contributed by atoms with van der Waals surface area (Å²) in [5, 5.41) is 15.0. The van der Waals surface area contributed by atoms with E-state index in [-0.39, 0.29) is 19.5 Å².